The lowest BCUT2D eigenvalue weighted by Crippen LogP contribution is -2.28. The molecule has 0 heterocycles. The maximum atomic E-state index is 10.7. The van der Waals surface area contributed by atoms with Crippen LogP contribution in [0.4, 0.5) is 0 Å². The summed E-state index contributed by atoms with van der Waals surface area (Å²) < 4.78 is 0. The Morgan fingerprint density at radius 1 is 1.50 bits per heavy atom. The van der Waals surface area contributed by atoms with E-state index < -0.39 is 11.9 Å². The molecule has 0 fully saturated rings. The monoisotopic (exact) mass is 164 g/mol. The van der Waals surface area contributed by atoms with Gasteiger partial charge in [-0.3, -0.25) is 4.79 Å². The van der Waals surface area contributed by atoms with E-state index >= 15 is 0 Å². The molecule has 3 nitrogen and oxygen atoms in total. The van der Waals surface area contributed by atoms with Crippen LogP contribution in [0.15, 0.2) is 24.3 Å². The number of hydrogen-bond acceptors (Lipinski definition) is 2. The number of amides is 1. The number of hydrogen-bond donors (Lipinski definition) is 2. The zero-order valence-corrected chi connectivity index (χ0v) is 6.95. The Morgan fingerprint density at radius 3 is 2.67 bits per heavy atom. The molecule has 1 atom stereocenters. The Morgan fingerprint density at radius 2 is 2.17 bits per heavy atom. The van der Waals surface area contributed by atoms with E-state index in [0.29, 0.717) is 0 Å². The van der Waals surface area contributed by atoms with Crippen LogP contribution in [-0.2, 0) is 4.79 Å². The molecular weight excluding hydrogens is 152 g/mol. The van der Waals surface area contributed by atoms with Crippen LogP contribution in [0.1, 0.15) is 17.2 Å². The molecule has 1 aromatic rings. The van der Waals surface area contributed by atoms with Crippen molar-refractivity contribution in [3.63, 3.8) is 0 Å². The van der Waals surface area contributed by atoms with Gasteiger partial charge in [-0.1, -0.05) is 29.8 Å². The third-order valence-corrected chi connectivity index (χ3v) is 1.71. The highest BCUT2D eigenvalue weighted by molar-refractivity contribution is 5.81. The molecule has 0 aliphatic heterocycles. The Hall–Kier alpha value is -1.35. The molecule has 0 unspecified atom stereocenters. The summed E-state index contributed by atoms with van der Waals surface area (Å²) >= 11 is 0. The summed E-state index contributed by atoms with van der Waals surface area (Å²) in [5.41, 5.74) is 12.4. The zero-order valence-electron chi connectivity index (χ0n) is 6.95. The third-order valence-electron chi connectivity index (χ3n) is 1.71. The molecule has 1 amide bonds. The molecule has 0 bridgehead atoms. The van der Waals surface area contributed by atoms with E-state index in [9.17, 15) is 4.79 Å². The van der Waals surface area contributed by atoms with Crippen molar-refractivity contribution in [1.29, 1.82) is 0 Å². The van der Waals surface area contributed by atoms with Crippen LogP contribution in [0.25, 0.3) is 0 Å². The van der Waals surface area contributed by atoms with Gasteiger partial charge in [0, 0.05) is 0 Å². The summed E-state index contributed by atoms with van der Waals surface area (Å²) in [7, 11) is 0. The smallest absolute Gasteiger partial charge is 0.238 e. The van der Waals surface area contributed by atoms with E-state index in [0.717, 1.165) is 11.1 Å². The number of aryl methyl sites for hydroxylation is 1. The third kappa shape index (κ3) is 1.83. The quantitative estimate of drug-likeness (QED) is 0.667. The van der Waals surface area contributed by atoms with Crippen molar-refractivity contribution in [3.05, 3.63) is 35.4 Å². The van der Waals surface area contributed by atoms with Gasteiger partial charge >= 0.3 is 0 Å². The normalized spacial score (nSPS) is 12.5. The molecule has 0 saturated heterocycles. The van der Waals surface area contributed by atoms with E-state index in [2.05, 4.69) is 0 Å². The largest absolute Gasteiger partial charge is 0.368 e. The van der Waals surface area contributed by atoms with Gasteiger partial charge < -0.3 is 11.5 Å². The first kappa shape index (κ1) is 8.74. The maximum absolute atomic E-state index is 10.7. The number of primary amides is 1. The van der Waals surface area contributed by atoms with E-state index in [1.54, 1.807) is 6.07 Å². The van der Waals surface area contributed by atoms with Crippen LogP contribution < -0.4 is 11.5 Å². The molecule has 0 radical (unpaired) electrons. The van der Waals surface area contributed by atoms with Crippen molar-refractivity contribution in [2.45, 2.75) is 13.0 Å². The van der Waals surface area contributed by atoms with Gasteiger partial charge in [0.1, 0.15) is 6.04 Å². The van der Waals surface area contributed by atoms with Crippen LogP contribution in [0.2, 0.25) is 0 Å². The van der Waals surface area contributed by atoms with Gasteiger partial charge in [-0.2, -0.15) is 0 Å². The summed E-state index contributed by atoms with van der Waals surface area (Å²) in [4.78, 5) is 10.7. The minimum atomic E-state index is -0.690. The second-order valence-electron chi connectivity index (χ2n) is 2.79. The van der Waals surface area contributed by atoms with E-state index in [1.165, 1.54) is 0 Å². The summed E-state index contributed by atoms with van der Waals surface area (Å²) in [5.74, 6) is -0.499. The fourth-order valence-corrected chi connectivity index (χ4v) is 1.03. The second-order valence-corrected chi connectivity index (χ2v) is 2.79. The van der Waals surface area contributed by atoms with Gasteiger partial charge in [-0.25, -0.2) is 0 Å². The summed E-state index contributed by atoms with van der Waals surface area (Å²) in [6, 6.07) is 6.76. The van der Waals surface area contributed by atoms with E-state index in [-0.39, 0.29) is 0 Å². The first-order valence-corrected chi connectivity index (χ1v) is 3.72. The molecule has 1 rings (SSSR count). The average Bonchev–Trinajstić information content (AvgIpc) is 2.03. The highest BCUT2D eigenvalue weighted by atomic mass is 16.1. The zero-order chi connectivity index (χ0) is 9.14. The highest BCUT2D eigenvalue weighted by Gasteiger charge is 2.10. The Labute approximate surface area is 71.4 Å². The lowest BCUT2D eigenvalue weighted by Gasteiger charge is -2.07. The first-order valence-electron chi connectivity index (χ1n) is 3.72. The van der Waals surface area contributed by atoms with Crippen LogP contribution in [0.3, 0.4) is 0 Å². The van der Waals surface area contributed by atoms with Crippen molar-refractivity contribution >= 4 is 5.91 Å². The van der Waals surface area contributed by atoms with Crippen molar-refractivity contribution in [2.24, 2.45) is 11.5 Å². The lowest BCUT2D eigenvalue weighted by molar-refractivity contribution is -0.119. The molecule has 64 valence electrons. The SMILES string of the molecule is Cc1cccc([C@H](N)C(N)=O)c1. The first-order chi connectivity index (χ1) is 5.61. The fraction of sp³-hybridized carbons (Fsp3) is 0.222. The molecule has 0 spiro atoms. The van der Waals surface area contributed by atoms with Gasteiger partial charge in [0.2, 0.25) is 5.91 Å². The Balaban J connectivity index is 2.95. The molecule has 0 aliphatic carbocycles. The molecule has 12 heavy (non-hydrogen) atoms. The molecular formula is C9H12N2O. The topological polar surface area (TPSA) is 69.1 Å². The Bertz CT molecular complexity index is 296. The molecule has 0 saturated carbocycles. The number of rotatable bonds is 2. The van der Waals surface area contributed by atoms with E-state index in [1.807, 2.05) is 25.1 Å². The number of nitrogens with two attached hydrogens (primary N) is 2. The van der Waals surface area contributed by atoms with Crippen LogP contribution in [0, 0.1) is 6.92 Å². The van der Waals surface area contributed by atoms with Gasteiger partial charge in [0.25, 0.3) is 0 Å². The Kier molecular flexibility index (Phi) is 2.45. The number of carbonyl (C=O) groups excluding carboxylic acids is 1. The van der Waals surface area contributed by atoms with Crippen molar-refractivity contribution < 1.29 is 4.79 Å². The fourth-order valence-electron chi connectivity index (χ4n) is 1.03. The van der Waals surface area contributed by atoms with Gasteiger partial charge in [-0.05, 0) is 12.5 Å². The van der Waals surface area contributed by atoms with Gasteiger partial charge in [0.05, 0.1) is 0 Å². The molecule has 4 N–H and O–H groups in total. The van der Waals surface area contributed by atoms with E-state index in [4.69, 9.17) is 11.5 Å². The van der Waals surface area contributed by atoms with Crippen LogP contribution in [-0.4, -0.2) is 5.91 Å². The summed E-state index contributed by atoms with van der Waals surface area (Å²) in [6.07, 6.45) is 0. The summed E-state index contributed by atoms with van der Waals surface area (Å²) in [5, 5.41) is 0. The van der Waals surface area contributed by atoms with Gasteiger partial charge in [0.15, 0.2) is 0 Å². The van der Waals surface area contributed by atoms with Crippen molar-refractivity contribution in [2.75, 3.05) is 0 Å². The lowest BCUT2D eigenvalue weighted by atomic mass is 10.1. The minimum Gasteiger partial charge on any atom is -0.368 e. The molecule has 0 aliphatic rings. The predicted molar refractivity (Wildman–Crippen MR) is 47.3 cm³/mol. The standard InChI is InChI=1S/C9H12N2O/c1-6-3-2-4-7(5-6)8(10)9(11)12/h2-5,8H,10H2,1H3,(H2,11,12)/t8-/m0/s1. The predicted octanol–water partition coefficient (Wildman–Crippen LogP) is 0.480. The summed E-state index contributed by atoms with van der Waals surface area (Å²) in [6.45, 7) is 1.94. The molecule has 0 aromatic heterocycles. The van der Waals surface area contributed by atoms with Crippen LogP contribution >= 0.6 is 0 Å². The number of benzene rings is 1. The van der Waals surface area contributed by atoms with Crippen molar-refractivity contribution in [3.8, 4) is 0 Å². The van der Waals surface area contributed by atoms with Gasteiger partial charge in [-0.15, -0.1) is 0 Å². The molecule has 3 heteroatoms. The van der Waals surface area contributed by atoms with Crippen molar-refractivity contribution in [1.82, 2.24) is 0 Å². The average molecular weight is 164 g/mol. The second kappa shape index (κ2) is 3.36. The highest BCUT2D eigenvalue weighted by Crippen LogP contribution is 2.10. The molecule has 1 aromatic carbocycles. The minimum absolute atomic E-state index is 0.499. The van der Waals surface area contributed by atoms with Crippen LogP contribution in [0.5, 0.6) is 0 Å². The maximum Gasteiger partial charge on any atom is 0.238 e. The number of carbonyl (C=O) groups is 1.